The van der Waals surface area contributed by atoms with Crippen molar-refractivity contribution < 1.29 is 14.3 Å². The van der Waals surface area contributed by atoms with Gasteiger partial charge in [-0.15, -0.1) is 0 Å². The summed E-state index contributed by atoms with van der Waals surface area (Å²) in [5.41, 5.74) is 2.17. The molecule has 6 heteroatoms. The molecule has 0 fully saturated rings. The topological polar surface area (TPSA) is 67.4 Å². The third-order valence-corrected chi connectivity index (χ3v) is 3.58. The summed E-state index contributed by atoms with van der Waals surface area (Å²) in [6, 6.07) is 12.6. The van der Waals surface area contributed by atoms with E-state index >= 15 is 0 Å². The number of benzene rings is 2. The zero-order valence-electron chi connectivity index (χ0n) is 12.9. The Kier molecular flexibility index (Phi) is 5.76. The molecule has 5 nitrogen and oxygen atoms in total. The van der Waals surface area contributed by atoms with E-state index in [4.69, 9.17) is 4.74 Å². The van der Waals surface area contributed by atoms with Crippen LogP contribution in [-0.4, -0.2) is 18.4 Å². The number of hydrogen-bond acceptors (Lipinski definition) is 3. The van der Waals surface area contributed by atoms with Crippen molar-refractivity contribution in [2.24, 2.45) is 0 Å². The molecule has 2 N–H and O–H groups in total. The summed E-state index contributed by atoms with van der Waals surface area (Å²) in [5, 5.41) is 5.39. The molecule has 0 saturated carbocycles. The summed E-state index contributed by atoms with van der Waals surface area (Å²) in [6.07, 6.45) is 0. The van der Waals surface area contributed by atoms with Crippen LogP contribution >= 0.6 is 15.9 Å². The molecular weight excluding hydrogens is 360 g/mol. The van der Waals surface area contributed by atoms with Gasteiger partial charge in [0.05, 0.1) is 15.8 Å². The van der Waals surface area contributed by atoms with Crippen molar-refractivity contribution in [3.63, 3.8) is 0 Å². The van der Waals surface area contributed by atoms with E-state index in [1.165, 1.54) is 6.92 Å². The number of nitrogens with one attached hydrogen (secondary N) is 2. The summed E-state index contributed by atoms with van der Waals surface area (Å²) in [7, 11) is 0. The summed E-state index contributed by atoms with van der Waals surface area (Å²) < 4.78 is 6.30. The van der Waals surface area contributed by atoms with E-state index in [9.17, 15) is 9.59 Å². The average molecular weight is 377 g/mol. The highest BCUT2D eigenvalue weighted by atomic mass is 79.9. The summed E-state index contributed by atoms with van der Waals surface area (Å²) in [5.74, 6) is 0.0858. The van der Waals surface area contributed by atoms with Crippen LogP contribution in [0.25, 0.3) is 0 Å². The Morgan fingerprint density at radius 1 is 1.09 bits per heavy atom. The highest BCUT2D eigenvalue weighted by Gasteiger charge is 2.09. The van der Waals surface area contributed by atoms with Gasteiger partial charge in [-0.1, -0.05) is 18.2 Å². The quantitative estimate of drug-likeness (QED) is 0.835. The molecule has 0 atom stereocenters. The molecular formula is C17H17BrN2O3. The number of para-hydroxylation sites is 2. The largest absolute Gasteiger partial charge is 0.483 e. The fourth-order valence-electron chi connectivity index (χ4n) is 1.94. The van der Waals surface area contributed by atoms with E-state index in [0.29, 0.717) is 17.1 Å². The normalized spacial score (nSPS) is 10.0. The molecule has 2 aromatic rings. The lowest BCUT2D eigenvalue weighted by Crippen LogP contribution is -2.21. The lowest BCUT2D eigenvalue weighted by Gasteiger charge is -2.12. The lowest BCUT2D eigenvalue weighted by atomic mass is 10.2. The number of amides is 2. The molecule has 0 saturated heterocycles. The fourth-order valence-corrected chi connectivity index (χ4v) is 2.55. The number of halogens is 1. The summed E-state index contributed by atoms with van der Waals surface area (Å²) in [4.78, 5) is 23.2. The van der Waals surface area contributed by atoms with E-state index < -0.39 is 0 Å². The molecule has 120 valence electrons. The number of ether oxygens (including phenoxy) is 1. The molecule has 2 aromatic carbocycles. The Hall–Kier alpha value is -2.34. The maximum atomic E-state index is 12.0. The van der Waals surface area contributed by atoms with Gasteiger partial charge >= 0.3 is 0 Å². The van der Waals surface area contributed by atoms with Crippen LogP contribution in [0.2, 0.25) is 0 Å². The van der Waals surface area contributed by atoms with Crippen LogP contribution in [0.1, 0.15) is 12.5 Å². The first-order valence-corrected chi connectivity index (χ1v) is 7.80. The summed E-state index contributed by atoms with van der Waals surface area (Å²) >= 11 is 3.40. The van der Waals surface area contributed by atoms with Gasteiger partial charge in [0.25, 0.3) is 5.91 Å². The van der Waals surface area contributed by atoms with E-state index in [1.807, 2.05) is 19.1 Å². The second-order valence-corrected chi connectivity index (χ2v) is 5.85. The predicted octanol–water partition coefficient (Wildman–Crippen LogP) is 3.73. The molecule has 0 aromatic heterocycles. The molecule has 0 radical (unpaired) electrons. The van der Waals surface area contributed by atoms with Gasteiger partial charge < -0.3 is 15.4 Å². The minimum atomic E-state index is -0.310. The Labute approximate surface area is 143 Å². The average Bonchev–Trinajstić information content (AvgIpc) is 2.48. The van der Waals surface area contributed by atoms with Gasteiger partial charge in [-0.3, -0.25) is 9.59 Å². The third-order valence-electron chi connectivity index (χ3n) is 2.96. The molecule has 0 bridgehead atoms. The van der Waals surface area contributed by atoms with Gasteiger partial charge in [0.1, 0.15) is 5.75 Å². The van der Waals surface area contributed by atoms with Gasteiger partial charge in [-0.25, -0.2) is 0 Å². The second-order valence-electron chi connectivity index (χ2n) is 5.00. The minimum absolute atomic E-state index is 0.129. The zero-order valence-corrected chi connectivity index (χ0v) is 14.4. The highest BCUT2D eigenvalue weighted by Crippen LogP contribution is 2.26. The summed E-state index contributed by atoms with van der Waals surface area (Å²) in [6.45, 7) is 3.26. The van der Waals surface area contributed by atoms with Crippen LogP contribution in [0.5, 0.6) is 5.75 Å². The van der Waals surface area contributed by atoms with Gasteiger partial charge in [0.15, 0.2) is 6.61 Å². The molecule has 0 heterocycles. The van der Waals surface area contributed by atoms with Gasteiger partial charge in [-0.2, -0.15) is 0 Å². The number of anilines is 2. The number of carbonyl (C=O) groups is 2. The number of hydrogen-bond donors (Lipinski definition) is 2. The van der Waals surface area contributed by atoms with E-state index in [1.54, 1.807) is 30.3 Å². The monoisotopic (exact) mass is 376 g/mol. The second kappa shape index (κ2) is 7.78. The molecule has 0 spiro atoms. The van der Waals surface area contributed by atoms with Crippen LogP contribution in [0.3, 0.4) is 0 Å². The maximum Gasteiger partial charge on any atom is 0.262 e. The van der Waals surface area contributed by atoms with Crippen molar-refractivity contribution in [3.05, 3.63) is 52.5 Å². The lowest BCUT2D eigenvalue weighted by molar-refractivity contribution is -0.118. The standard InChI is InChI=1S/C17H17BrN2O3/c1-11-7-8-16(13(18)9-11)23-10-17(22)20-15-6-4-3-5-14(15)19-12(2)21/h3-9H,10H2,1-2H3,(H,19,21)(H,20,22). The van der Waals surface area contributed by atoms with Crippen molar-refractivity contribution >= 4 is 39.1 Å². The molecule has 0 unspecified atom stereocenters. The number of rotatable bonds is 5. The van der Waals surface area contributed by atoms with E-state index in [2.05, 4.69) is 26.6 Å². The Balaban J connectivity index is 1.98. The van der Waals surface area contributed by atoms with E-state index in [-0.39, 0.29) is 18.4 Å². The Morgan fingerprint density at radius 2 is 1.74 bits per heavy atom. The van der Waals surface area contributed by atoms with Crippen LogP contribution in [0.4, 0.5) is 11.4 Å². The van der Waals surface area contributed by atoms with Crippen LogP contribution in [0.15, 0.2) is 46.9 Å². The molecule has 23 heavy (non-hydrogen) atoms. The first kappa shape index (κ1) is 17.0. The van der Waals surface area contributed by atoms with Gasteiger partial charge in [0.2, 0.25) is 5.91 Å². The molecule has 0 aliphatic carbocycles. The molecule has 0 aliphatic heterocycles. The molecule has 2 rings (SSSR count). The maximum absolute atomic E-state index is 12.0. The van der Waals surface area contributed by atoms with Crippen molar-refractivity contribution in [3.8, 4) is 5.75 Å². The predicted molar refractivity (Wildman–Crippen MR) is 93.7 cm³/mol. The first-order chi connectivity index (χ1) is 11.0. The zero-order chi connectivity index (χ0) is 16.8. The smallest absolute Gasteiger partial charge is 0.262 e. The Bertz CT molecular complexity index is 732. The van der Waals surface area contributed by atoms with Crippen LogP contribution in [0, 0.1) is 6.92 Å². The Morgan fingerprint density at radius 3 is 2.35 bits per heavy atom. The van der Waals surface area contributed by atoms with Crippen LogP contribution < -0.4 is 15.4 Å². The SMILES string of the molecule is CC(=O)Nc1ccccc1NC(=O)COc1ccc(C)cc1Br. The minimum Gasteiger partial charge on any atom is -0.483 e. The fraction of sp³-hybridized carbons (Fsp3) is 0.176. The van der Waals surface area contributed by atoms with Crippen molar-refractivity contribution in [2.75, 3.05) is 17.2 Å². The van der Waals surface area contributed by atoms with Crippen molar-refractivity contribution in [1.82, 2.24) is 0 Å². The van der Waals surface area contributed by atoms with Crippen LogP contribution in [-0.2, 0) is 9.59 Å². The number of carbonyl (C=O) groups excluding carboxylic acids is 2. The van der Waals surface area contributed by atoms with Gasteiger partial charge in [0, 0.05) is 6.92 Å². The van der Waals surface area contributed by atoms with Gasteiger partial charge in [-0.05, 0) is 52.7 Å². The third kappa shape index (κ3) is 5.10. The number of aryl methyl sites for hydroxylation is 1. The highest BCUT2D eigenvalue weighted by molar-refractivity contribution is 9.10. The van der Waals surface area contributed by atoms with Crippen molar-refractivity contribution in [2.45, 2.75) is 13.8 Å². The molecule has 2 amide bonds. The first-order valence-electron chi connectivity index (χ1n) is 7.01. The van der Waals surface area contributed by atoms with Crippen molar-refractivity contribution in [1.29, 1.82) is 0 Å². The van der Waals surface area contributed by atoms with E-state index in [0.717, 1.165) is 10.0 Å². The molecule has 0 aliphatic rings.